The molecule has 3 aromatic rings. The normalized spacial score (nSPS) is 11.2. The lowest BCUT2D eigenvalue weighted by molar-refractivity contribution is 0.637. The Kier molecular flexibility index (Phi) is 3.40. The highest BCUT2D eigenvalue weighted by atomic mass is 35.5. The highest BCUT2D eigenvalue weighted by Gasteiger charge is 2.16. The van der Waals surface area contributed by atoms with E-state index in [-0.39, 0.29) is 11.7 Å². The molecule has 2 aromatic carbocycles. The van der Waals surface area contributed by atoms with Crippen LogP contribution in [0.4, 0.5) is 4.39 Å². The zero-order valence-electron chi connectivity index (χ0n) is 10.7. The molecule has 1 aromatic heterocycles. The summed E-state index contributed by atoms with van der Waals surface area (Å²) in [6.45, 7) is 1.97. The Morgan fingerprint density at radius 1 is 1.25 bits per heavy atom. The first-order valence-corrected chi connectivity index (χ1v) is 7.01. The monoisotopic (exact) mass is 308 g/mol. The first kappa shape index (κ1) is 13.4. The summed E-state index contributed by atoms with van der Waals surface area (Å²) < 4.78 is 15.7. The molecule has 0 radical (unpaired) electrons. The molecule has 1 heterocycles. The number of alkyl halides is 1. The number of aryl methyl sites for hydroxylation is 1. The van der Waals surface area contributed by atoms with E-state index in [1.54, 1.807) is 16.7 Å². The Balaban J connectivity index is 2.40. The van der Waals surface area contributed by atoms with Crippen LogP contribution in [0.3, 0.4) is 0 Å². The van der Waals surface area contributed by atoms with Crippen LogP contribution < -0.4 is 0 Å². The van der Waals surface area contributed by atoms with Crippen molar-refractivity contribution in [2.24, 2.45) is 0 Å². The lowest BCUT2D eigenvalue weighted by atomic mass is 10.2. The van der Waals surface area contributed by atoms with E-state index in [9.17, 15) is 4.39 Å². The van der Waals surface area contributed by atoms with Gasteiger partial charge >= 0.3 is 0 Å². The minimum Gasteiger partial charge on any atom is -0.294 e. The van der Waals surface area contributed by atoms with Crippen LogP contribution in [0.2, 0.25) is 5.02 Å². The van der Waals surface area contributed by atoms with Crippen molar-refractivity contribution >= 4 is 34.2 Å². The van der Waals surface area contributed by atoms with Gasteiger partial charge in [-0.25, -0.2) is 9.37 Å². The fraction of sp³-hybridized carbons (Fsp3) is 0.133. The molecule has 20 heavy (non-hydrogen) atoms. The molecule has 0 aliphatic rings. The van der Waals surface area contributed by atoms with Crippen molar-refractivity contribution in [2.45, 2.75) is 12.8 Å². The maximum Gasteiger partial charge on any atom is 0.151 e. The standard InChI is InChI=1S/C15H11Cl2FN2/c1-9-5-6-10(17)13(7-9)20-12-4-2-3-11(18)15(12)19-14(20)8-16/h2-7H,8H2,1H3. The smallest absolute Gasteiger partial charge is 0.151 e. The third-order valence-electron chi connectivity index (χ3n) is 3.17. The number of hydrogen-bond acceptors (Lipinski definition) is 1. The quantitative estimate of drug-likeness (QED) is 0.618. The van der Waals surface area contributed by atoms with Gasteiger partial charge in [-0.05, 0) is 36.8 Å². The Morgan fingerprint density at radius 3 is 2.80 bits per heavy atom. The summed E-state index contributed by atoms with van der Waals surface area (Å²) in [4.78, 5) is 4.28. The summed E-state index contributed by atoms with van der Waals surface area (Å²) in [5, 5.41) is 0.575. The number of para-hydroxylation sites is 1. The van der Waals surface area contributed by atoms with Crippen molar-refractivity contribution in [3.63, 3.8) is 0 Å². The maximum atomic E-state index is 13.9. The molecule has 0 bridgehead atoms. The van der Waals surface area contributed by atoms with Crippen molar-refractivity contribution < 1.29 is 4.39 Å². The lowest BCUT2D eigenvalue weighted by Gasteiger charge is -2.10. The molecule has 0 aliphatic carbocycles. The van der Waals surface area contributed by atoms with E-state index >= 15 is 0 Å². The third kappa shape index (κ3) is 2.07. The van der Waals surface area contributed by atoms with Gasteiger partial charge in [0.15, 0.2) is 5.82 Å². The summed E-state index contributed by atoms with van der Waals surface area (Å²) >= 11 is 12.2. The molecule has 0 atom stereocenters. The molecule has 0 N–H and O–H groups in total. The van der Waals surface area contributed by atoms with E-state index in [0.717, 1.165) is 11.3 Å². The topological polar surface area (TPSA) is 17.8 Å². The van der Waals surface area contributed by atoms with Gasteiger partial charge in [0.1, 0.15) is 11.3 Å². The highest BCUT2D eigenvalue weighted by molar-refractivity contribution is 6.32. The molecular formula is C15H11Cl2FN2. The largest absolute Gasteiger partial charge is 0.294 e. The molecule has 102 valence electrons. The minimum atomic E-state index is -0.364. The predicted molar refractivity (Wildman–Crippen MR) is 80.3 cm³/mol. The van der Waals surface area contributed by atoms with E-state index in [2.05, 4.69) is 4.98 Å². The number of benzene rings is 2. The molecule has 3 rings (SSSR count). The van der Waals surface area contributed by atoms with Crippen LogP contribution in [0.15, 0.2) is 36.4 Å². The van der Waals surface area contributed by atoms with Crippen molar-refractivity contribution in [3.8, 4) is 5.69 Å². The third-order valence-corrected chi connectivity index (χ3v) is 3.73. The van der Waals surface area contributed by atoms with Gasteiger partial charge in [0.05, 0.1) is 22.1 Å². The molecule has 5 heteroatoms. The minimum absolute atomic E-state index is 0.179. The summed E-state index contributed by atoms with van der Waals surface area (Å²) in [7, 11) is 0. The van der Waals surface area contributed by atoms with Crippen LogP contribution in [0, 0.1) is 12.7 Å². The summed E-state index contributed by atoms with van der Waals surface area (Å²) in [5.74, 6) is 0.383. The Hall–Kier alpha value is -1.58. The predicted octanol–water partition coefficient (Wildman–Crippen LogP) is 4.87. The summed E-state index contributed by atoms with van der Waals surface area (Å²) in [5.41, 5.74) is 2.78. The van der Waals surface area contributed by atoms with Crippen LogP contribution in [-0.2, 0) is 5.88 Å². The van der Waals surface area contributed by atoms with Crippen LogP contribution in [-0.4, -0.2) is 9.55 Å². The number of imidazole rings is 1. The second kappa shape index (κ2) is 5.08. The number of aromatic nitrogens is 2. The number of fused-ring (bicyclic) bond motifs is 1. The van der Waals surface area contributed by atoms with Gasteiger partial charge in [-0.3, -0.25) is 4.57 Å². The number of halogens is 3. The zero-order chi connectivity index (χ0) is 14.3. The first-order valence-electron chi connectivity index (χ1n) is 6.10. The van der Waals surface area contributed by atoms with Gasteiger partial charge < -0.3 is 0 Å². The molecule has 2 nitrogen and oxygen atoms in total. The van der Waals surface area contributed by atoms with Crippen molar-refractivity contribution in [3.05, 3.63) is 58.6 Å². The van der Waals surface area contributed by atoms with Crippen LogP contribution in [0.1, 0.15) is 11.4 Å². The van der Waals surface area contributed by atoms with Crippen LogP contribution >= 0.6 is 23.2 Å². The van der Waals surface area contributed by atoms with E-state index in [4.69, 9.17) is 23.2 Å². The maximum absolute atomic E-state index is 13.9. The average molecular weight is 309 g/mol. The second-order valence-electron chi connectivity index (χ2n) is 4.56. The van der Waals surface area contributed by atoms with Gasteiger partial charge in [-0.1, -0.05) is 23.7 Å². The Bertz CT molecular complexity index is 796. The number of nitrogens with zero attached hydrogens (tertiary/aromatic N) is 2. The first-order chi connectivity index (χ1) is 9.61. The average Bonchev–Trinajstić information content (AvgIpc) is 2.81. The van der Waals surface area contributed by atoms with Crippen molar-refractivity contribution in [1.82, 2.24) is 9.55 Å². The molecule has 0 aliphatic heterocycles. The van der Waals surface area contributed by atoms with Crippen LogP contribution in [0.5, 0.6) is 0 Å². The van der Waals surface area contributed by atoms with Gasteiger partial charge in [-0.2, -0.15) is 0 Å². The van der Waals surface area contributed by atoms with Crippen LogP contribution in [0.25, 0.3) is 16.7 Å². The van der Waals surface area contributed by atoms with E-state index in [0.29, 0.717) is 21.9 Å². The van der Waals surface area contributed by atoms with Gasteiger partial charge in [0, 0.05) is 0 Å². The molecular weight excluding hydrogens is 298 g/mol. The second-order valence-corrected chi connectivity index (χ2v) is 5.23. The summed E-state index contributed by atoms with van der Waals surface area (Å²) in [6, 6.07) is 10.5. The van der Waals surface area contributed by atoms with Gasteiger partial charge in [0.2, 0.25) is 0 Å². The van der Waals surface area contributed by atoms with E-state index < -0.39 is 0 Å². The lowest BCUT2D eigenvalue weighted by Crippen LogP contribution is -2.00. The molecule has 0 saturated carbocycles. The molecule has 0 spiro atoms. The van der Waals surface area contributed by atoms with Gasteiger partial charge in [-0.15, -0.1) is 11.6 Å². The molecule has 0 fully saturated rings. The fourth-order valence-electron chi connectivity index (χ4n) is 2.27. The Morgan fingerprint density at radius 2 is 2.05 bits per heavy atom. The SMILES string of the molecule is Cc1ccc(Cl)c(-n2c(CCl)nc3c(F)cccc32)c1. The summed E-state index contributed by atoms with van der Waals surface area (Å²) in [6.07, 6.45) is 0. The van der Waals surface area contributed by atoms with E-state index in [1.165, 1.54) is 6.07 Å². The molecule has 0 amide bonds. The molecule has 0 unspecified atom stereocenters. The fourth-order valence-corrected chi connectivity index (χ4v) is 2.65. The number of hydrogen-bond donors (Lipinski definition) is 0. The van der Waals surface area contributed by atoms with Crippen molar-refractivity contribution in [1.29, 1.82) is 0 Å². The zero-order valence-corrected chi connectivity index (χ0v) is 12.2. The van der Waals surface area contributed by atoms with E-state index in [1.807, 2.05) is 25.1 Å². The number of rotatable bonds is 2. The highest BCUT2D eigenvalue weighted by Crippen LogP contribution is 2.29. The van der Waals surface area contributed by atoms with Gasteiger partial charge in [0.25, 0.3) is 0 Å². The molecule has 0 saturated heterocycles. The Labute approximate surface area is 125 Å². The van der Waals surface area contributed by atoms with Crippen molar-refractivity contribution in [2.75, 3.05) is 0 Å².